The lowest BCUT2D eigenvalue weighted by Gasteiger charge is -2.20. The van der Waals surface area contributed by atoms with Gasteiger partial charge in [0.1, 0.15) is 0 Å². The van der Waals surface area contributed by atoms with Crippen LogP contribution in [0.5, 0.6) is 0 Å². The van der Waals surface area contributed by atoms with Crippen LogP contribution in [0.3, 0.4) is 0 Å². The summed E-state index contributed by atoms with van der Waals surface area (Å²) in [5.74, 6) is 0. The predicted octanol–water partition coefficient (Wildman–Crippen LogP) is 1.93. The van der Waals surface area contributed by atoms with Gasteiger partial charge in [0, 0.05) is 19.3 Å². The monoisotopic (exact) mass is 217 g/mol. The SMILES string of the molecule is CNC(C#N)CCN(C)c1ccc(C)cc1. The summed E-state index contributed by atoms with van der Waals surface area (Å²) in [6.45, 7) is 2.96. The van der Waals surface area contributed by atoms with Gasteiger partial charge in [0.05, 0.1) is 12.1 Å². The molecule has 0 fully saturated rings. The van der Waals surface area contributed by atoms with Crippen LogP contribution in [0.1, 0.15) is 12.0 Å². The topological polar surface area (TPSA) is 39.1 Å². The van der Waals surface area contributed by atoms with Crippen LogP contribution < -0.4 is 10.2 Å². The molecule has 1 N–H and O–H groups in total. The van der Waals surface area contributed by atoms with Crippen LogP contribution in [0.2, 0.25) is 0 Å². The normalized spacial score (nSPS) is 11.9. The average Bonchev–Trinajstić information content (AvgIpc) is 2.31. The molecule has 3 heteroatoms. The molecule has 3 nitrogen and oxygen atoms in total. The Balaban J connectivity index is 2.50. The Hall–Kier alpha value is -1.53. The highest BCUT2D eigenvalue weighted by atomic mass is 15.1. The molecule has 0 spiro atoms. The number of rotatable bonds is 5. The molecule has 1 aromatic rings. The molecular weight excluding hydrogens is 198 g/mol. The molecule has 0 bridgehead atoms. The fourth-order valence-electron chi connectivity index (χ4n) is 1.52. The fraction of sp³-hybridized carbons (Fsp3) is 0.462. The van der Waals surface area contributed by atoms with E-state index in [2.05, 4.69) is 54.5 Å². The highest BCUT2D eigenvalue weighted by Crippen LogP contribution is 2.13. The first kappa shape index (κ1) is 12.5. The third-order valence-electron chi connectivity index (χ3n) is 2.73. The zero-order chi connectivity index (χ0) is 12.0. The summed E-state index contributed by atoms with van der Waals surface area (Å²) in [6.07, 6.45) is 0.831. The van der Waals surface area contributed by atoms with E-state index in [1.54, 1.807) is 0 Å². The van der Waals surface area contributed by atoms with Gasteiger partial charge in [0.15, 0.2) is 0 Å². The van der Waals surface area contributed by atoms with Crippen molar-refractivity contribution < 1.29 is 0 Å². The molecule has 0 saturated heterocycles. The molecule has 0 heterocycles. The van der Waals surface area contributed by atoms with Crippen LogP contribution in [-0.4, -0.2) is 26.7 Å². The Morgan fingerprint density at radius 2 is 2.00 bits per heavy atom. The maximum atomic E-state index is 8.81. The molecule has 0 aliphatic rings. The standard InChI is InChI=1S/C13H19N3/c1-11-4-6-13(7-5-11)16(3)9-8-12(10-14)15-2/h4-7,12,15H,8-9H2,1-3H3. The maximum absolute atomic E-state index is 8.81. The Morgan fingerprint density at radius 3 is 2.50 bits per heavy atom. The van der Waals surface area contributed by atoms with Crippen molar-refractivity contribution in [2.24, 2.45) is 0 Å². The average molecular weight is 217 g/mol. The van der Waals surface area contributed by atoms with Crippen molar-refractivity contribution in [1.82, 2.24) is 5.32 Å². The Bertz CT molecular complexity index is 350. The minimum Gasteiger partial charge on any atom is -0.375 e. The molecule has 86 valence electrons. The van der Waals surface area contributed by atoms with Crippen molar-refractivity contribution in [3.05, 3.63) is 29.8 Å². The quantitative estimate of drug-likeness (QED) is 0.819. The van der Waals surface area contributed by atoms with E-state index in [0.717, 1.165) is 13.0 Å². The molecule has 16 heavy (non-hydrogen) atoms. The third-order valence-corrected chi connectivity index (χ3v) is 2.73. The Morgan fingerprint density at radius 1 is 1.38 bits per heavy atom. The van der Waals surface area contributed by atoms with Gasteiger partial charge in [-0.2, -0.15) is 5.26 Å². The van der Waals surface area contributed by atoms with Crippen molar-refractivity contribution in [3.63, 3.8) is 0 Å². The van der Waals surface area contributed by atoms with Crippen LogP contribution in [0.15, 0.2) is 24.3 Å². The highest BCUT2D eigenvalue weighted by molar-refractivity contribution is 5.46. The molecule has 1 aromatic carbocycles. The van der Waals surface area contributed by atoms with Crippen molar-refractivity contribution in [3.8, 4) is 6.07 Å². The van der Waals surface area contributed by atoms with E-state index in [4.69, 9.17) is 5.26 Å². The summed E-state index contributed by atoms with van der Waals surface area (Å²) in [5.41, 5.74) is 2.46. The number of nitriles is 1. The van der Waals surface area contributed by atoms with Gasteiger partial charge in [-0.05, 0) is 32.5 Å². The minimum absolute atomic E-state index is 0.0621. The van der Waals surface area contributed by atoms with Gasteiger partial charge < -0.3 is 10.2 Å². The lowest BCUT2D eigenvalue weighted by molar-refractivity contribution is 0.621. The fourth-order valence-corrected chi connectivity index (χ4v) is 1.52. The van der Waals surface area contributed by atoms with Crippen LogP contribution in [0.25, 0.3) is 0 Å². The van der Waals surface area contributed by atoms with Crippen molar-refractivity contribution >= 4 is 5.69 Å². The van der Waals surface area contributed by atoms with Crippen LogP contribution in [-0.2, 0) is 0 Å². The van der Waals surface area contributed by atoms with Gasteiger partial charge in [-0.1, -0.05) is 17.7 Å². The van der Waals surface area contributed by atoms with E-state index in [-0.39, 0.29) is 6.04 Å². The van der Waals surface area contributed by atoms with Gasteiger partial charge in [-0.15, -0.1) is 0 Å². The number of benzene rings is 1. The van der Waals surface area contributed by atoms with E-state index in [1.165, 1.54) is 11.3 Å². The molecule has 0 amide bonds. The second kappa shape index (κ2) is 6.14. The molecule has 0 radical (unpaired) electrons. The molecular formula is C13H19N3. The minimum atomic E-state index is -0.0621. The van der Waals surface area contributed by atoms with Crippen LogP contribution in [0, 0.1) is 18.3 Å². The van der Waals surface area contributed by atoms with Crippen molar-refractivity contribution in [2.75, 3.05) is 25.5 Å². The summed E-state index contributed by atoms with van der Waals surface area (Å²) in [5, 5.41) is 11.8. The number of nitrogens with one attached hydrogen (secondary N) is 1. The number of hydrogen-bond acceptors (Lipinski definition) is 3. The van der Waals surface area contributed by atoms with Gasteiger partial charge in [0.2, 0.25) is 0 Å². The van der Waals surface area contributed by atoms with E-state index < -0.39 is 0 Å². The maximum Gasteiger partial charge on any atom is 0.0967 e. The van der Waals surface area contributed by atoms with Gasteiger partial charge in [-0.25, -0.2) is 0 Å². The summed E-state index contributed by atoms with van der Waals surface area (Å²) >= 11 is 0. The second-order valence-corrected chi connectivity index (χ2v) is 4.02. The third kappa shape index (κ3) is 3.56. The van der Waals surface area contributed by atoms with Crippen molar-refractivity contribution in [2.45, 2.75) is 19.4 Å². The number of hydrogen-bond donors (Lipinski definition) is 1. The summed E-state index contributed by atoms with van der Waals surface area (Å²) in [7, 11) is 3.87. The van der Waals surface area contributed by atoms with Crippen molar-refractivity contribution in [1.29, 1.82) is 5.26 Å². The lowest BCUT2D eigenvalue weighted by atomic mass is 10.2. The smallest absolute Gasteiger partial charge is 0.0967 e. The molecule has 0 aromatic heterocycles. The Labute approximate surface area is 97.7 Å². The second-order valence-electron chi connectivity index (χ2n) is 4.02. The summed E-state index contributed by atoms with van der Waals surface area (Å²) in [4.78, 5) is 2.17. The van der Waals surface area contributed by atoms with Gasteiger partial charge >= 0.3 is 0 Å². The number of nitrogens with zero attached hydrogens (tertiary/aromatic N) is 2. The van der Waals surface area contributed by atoms with E-state index in [9.17, 15) is 0 Å². The molecule has 0 saturated carbocycles. The molecule has 1 atom stereocenters. The first-order valence-corrected chi connectivity index (χ1v) is 5.52. The Kier molecular flexibility index (Phi) is 4.81. The van der Waals surface area contributed by atoms with E-state index >= 15 is 0 Å². The summed E-state index contributed by atoms with van der Waals surface area (Å²) in [6, 6.07) is 10.6. The van der Waals surface area contributed by atoms with Crippen LogP contribution in [0.4, 0.5) is 5.69 Å². The predicted molar refractivity (Wildman–Crippen MR) is 67.5 cm³/mol. The van der Waals surface area contributed by atoms with E-state index in [0.29, 0.717) is 0 Å². The van der Waals surface area contributed by atoms with Gasteiger partial charge in [-0.3, -0.25) is 0 Å². The zero-order valence-electron chi connectivity index (χ0n) is 10.2. The zero-order valence-corrected chi connectivity index (χ0v) is 10.2. The van der Waals surface area contributed by atoms with Gasteiger partial charge in [0.25, 0.3) is 0 Å². The molecule has 1 rings (SSSR count). The first-order chi connectivity index (χ1) is 7.67. The first-order valence-electron chi connectivity index (χ1n) is 5.52. The number of anilines is 1. The molecule has 0 aliphatic heterocycles. The molecule has 0 aliphatic carbocycles. The largest absolute Gasteiger partial charge is 0.375 e. The van der Waals surface area contributed by atoms with E-state index in [1.807, 2.05) is 7.05 Å². The highest BCUT2D eigenvalue weighted by Gasteiger charge is 2.06. The number of aryl methyl sites for hydroxylation is 1. The lowest BCUT2D eigenvalue weighted by Crippen LogP contribution is -2.29. The molecule has 1 unspecified atom stereocenters. The summed E-state index contributed by atoms with van der Waals surface area (Å²) < 4.78 is 0. The van der Waals surface area contributed by atoms with Crippen LogP contribution >= 0.6 is 0 Å².